The summed E-state index contributed by atoms with van der Waals surface area (Å²) in [6, 6.07) is 10.5. The van der Waals surface area contributed by atoms with E-state index in [4.69, 9.17) is 4.74 Å². The number of rotatable bonds is 6. The van der Waals surface area contributed by atoms with Crippen LogP contribution in [0.25, 0.3) is 6.08 Å². The first-order valence-corrected chi connectivity index (χ1v) is 7.23. The molecule has 2 aromatic rings. The molecular weight excluding hydrogens is 294 g/mol. The number of ether oxygens (including phenoxy) is 1. The van der Waals surface area contributed by atoms with Crippen LogP contribution in [0.4, 0.5) is 0 Å². The minimum Gasteiger partial charge on any atom is -0.497 e. The maximum Gasteiger partial charge on any atom is 0.266 e. The van der Waals surface area contributed by atoms with Crippen LogP contribution in [0.1, 0.15) is 11.3 Å². The number of nitrogens with one attached hydrogen (secondary N) is 1. The fraction of sp³-hybridized carbons (Fsp3) is 0.235. The highest BCUT2D eigenvalue weighted by molar-refractivity contribution is 5.91. The lowest BCUT2D eigenvalue weighted by atomic mass is 10.2. The third kappa shape index (κ3) is 5.10. The summed E-state index contributed by atoms with van der Waals surface area (Å²) < 4.78 is 6.41. The highest BCUT2D eigenvalue weighted by atomic mass is 16.5. The molecule has 0 atom stereocenters. The Labute approximate surface area is 134 Å². The van der Waals surface area contributed by atoms with E-state index >= 15 is 0 Å². The summed E-state index contributed by atoms with van der Waals surface area (Å²) in [4.78, 5) is 23.3. The van der Waals surface area contributed by atoms with Crippen LogP contribution < -0.4 is 15.6 Å². The zero-order chi connectivity index (χ0) is 16.7. The molecule has 23 heavy (non-hydrogen) atoms. The Morgan fingerprint density at radius 2 is 2.00 bits per heavy atom. The van der Waals surface area contributed by atoms with Gasteiger partial charge in [0.25, 0.3) is 5.56 Å². The minimum atomic E-state index is -0.221. The second-order valence-corrected chi connectivity index (χ2v) is 4.93. The second-order valence-electron chi connectivity index (χ2n) is 4.93. The molecule has 2 rings (SSSR count). The molecule has 0 aliphatic rings. The molecule has 0 saturated heterocycles. The molecule has 1 amide bonds. The van der Waals surface area contributed by atoms with E-state index in [-0.39, 0.29) is 11.5 Å². The largest absolute Gasteiger partial charge is 0.497 e. The van der Waals surface area contributed by atoms with Crippen LogP contribution in [-0.2, 0) is 11.3 Å². The standard InChI is InChI=1S/C17H19N3O3/c1-13-3-10-17(22)20(19-13)12-11-18-16(21)9-6-14-4-7-15(23-2)8-5-14/h3-10H,11-12H2,1-2H3,(H,18,21)/b9-6+. The summed E-state index contributed by atoms with van der Waals surface area (Å²) in [6.45, 7) is 2.48. The van der Waals surface area contributed by atoms with Crippen LogP contribution in [0, 0.1) is 6.92 Å². The average molecular weight is 313 g/mol. The van der Waals surface area contributed by atoms with Gasteiger partial charge in [-0.1, -0.05) is 12.1 Å². The Hall–Kier alpha value is -2.89. The molecular formula is C17H19N3O3. The molecule has 1 aromatic carbocycles. The first kappa shape index (κ1) is 16.5. The molecule has 0 radical (unpaired) electrons. The van der Waals surface area contributed by atoms with Crippen LogP contribution in [0.5, 0.6) is 5.75 Å². The van der Waals surface area contributed by atoms with Crippen molar-refractivity contribution in [2.24, 2.45) is 0 Å². The van der Waals surface area contributed by atoms with Crippen molar-refractivity contribution in [3.8, 4) is 5.75 Å². The van der Waals surface area contributed by atoms with E-state index in [1.807, 2.05) is 31.2 Å². The van der Waals surface area contributed by atoms with Gasteiger partial charge < -0.3 is 10.1 Å². The average Bonchev–Trinajstić information content (AvgIpc) is 2.56. The summed E-state index contributed by atoms with van der Waals surface area (Å²) in [5.74, 6) is 0.546. The minimum absolute atomic E-state index is 0.182. The van der Waals surface area contributed by atoms with Crippen LogP contribution >= 0.6 is 0 Å². The molecule has 0 aliphatic heterocycles. The van der Waals surface area contributed by atoms with E-state index in [0.29, 0.717) is 13.1 Å². The second kappa shape index (κ2) is 7.93. The van der Waals surface area contributed by atoms with Crippen molar-refractivity contribution in [2.45, 2.75) is 13.5 Å². The number of benzene rings is 1. The number of aryl methyl sites for hydroxylation is 1. The monoisotopic (exact) mass is 313 g/mol. The van der Waals surface area contributed by atoms with Gasteiger partial charge in [0.1, 0.15) is 5.75 Å². The third-order valence-corrected chi connectivity index (χ3v) is 3.17. The lowest BCUT2D eigenvalue weighted by Gasteiger charge is -2.05. The molecule has 6 heteroatoms. The quantitative estimate of drug-likeness (QED) is 0.818. The number of methoxy groups -OCH3 is 1. The highest BCUT2D eigenvalue weighted by Crippen LogP contribution is 2.12. The predicted octanol–water partition coefficient (Wildman–Crippen LogP) is 1.39. The van der Waals surface area contributed by atoms with Crippen molar-refractivity contribution in [3.05, 3.63) is 64.1 Å². The summed E-state index contributed by atoms with van der Waals surface area (Å²) in [5.41, 5.74) is 1.48. The maximum absolute atomic E-state index is 11.8. The van der Waals surface area contributed by atoms with Crippen LogP contribution in [0.3, 0.4) is 0 Å². The summed E-state index contributed by atoms with van der Waals surface area (Å²) in [7, 11) is 1.60. The van der Waals surface area contributed by atoms with Gasteiger partial charge in [-0.3, -0.25) is 9.59 Å². The molecule has 1 heterocycles. The number of amides is 1. The van der Waals surface area contributed by atoms with Crippen molar-refractivity contribution < 1.29 is 9.53 Å². The normalized spacial score (nSPS) is 10.7. The van der Waals surface area contributed by atoms with Gasteiger partial charge in [-0.15, -0.1) is 0 Å². The topological polar surface area (TPSA) is 73.2 Å². The SMILES string of the molecule is COc1ccc(/C=C/C(=O)NCCn2nc(C)ccc2=O)cc1. The maximum atomic E-state index is 11.8. The third-order valence-electron chi connectivity index (χ3n) is 3.17. The fourth-order valence-corrected chi connectivity index (χ4v) is 1.94. The smallest absolute Gasteiger partial charge is 0.266 e. The number of carbonyl (C=O) groups is 1. The van der Waals surface area contributed by atoms with Gasteiger partial charge in [0.05, 0.1) is 19.3 Å². The van der Waals surface area contributed by atoms with Gasteiger partial charge in [0.15, 0.2) is 0 Å². The summed E-state index contributed by atoms with van der Waals surface area (Å²) in [6.07, 6.45) is 3.17. The van der Waals surface area contributed by atoms with E-state index in [9.17, 15) is 9.59 Å². The van der Waals surface area contributed by atoms with Crippen LogP contribution in [0.2, 0.25) is 0 Å². The van der Waals surface area contributed by atoms with Gasteiger partial charge >= 0.3 is 0 Å². The van der Waals surface area contributed by atoms with Gasteiger partial charge in [0, 0.05) is 18.7 Å². The van der Waals surface area contributed by atoms with Crippen LogP contribution in [-0.4, -0.2) is 29.3 Å². The molecule has 0 bridgehead atoms. The van der Waals surface area contributed by atoms with E-state index < -0.39 is 0 Å². The van der Waals surface area contributed by atoms with Crippen molar-refractivity contribution in [1.29, 1.82) is 0 Å². The number of carbonyl (C=O) groups excluding carboxylic acids is 1. The van der Waals surface area contributed by atoms with Gasteiger partial charge in [-0.05, 0) is 36.8 Å². The molecule has 0 spiro atoms. The Morgan fingerprint density at radius 1 is 1.26 bits per heavy atom. The van der Waals surface area contributed by atoms with Crippen molar-refractivity contribution in [1.82, 2.24) is 15.1 Å². The first-order valence-electron chi connectivity index (χ1n) is 7.23. The molecule has 0 saturated carbocycles. The van der Waals surface area contributed by atoms with Crippen molar-refractivity contribution in [3.63, 3.8) is 0 Å². The Morgan fingerprint density at radius 3 is 2.70 bits per heavy atom. The van der Waals surface area contributed by atoms with Gasteiger partial charge in [-0.2, -0.15) is 5.10 Å². The number of nitrogens with zero attached hydrogens (tertiary/aromatic N) is 2. The van der Waals surface area contributed by atoms with Crippen LogP contribution in [0.15, 0.2) is 47.3 Å². The Kier molecular flexibility index (Phi) is 5.68. The van der Waals surface area contributed by atoms with Crippen molar-refractivity contribution in [2.75, 3.05) is 13.7 Å². The zero-order valence-electron chi connectivity index (χ0n) is 13.2. The Bertz CT molecular complexity index is 748. The lowest BCUT2D eigenvalue weighted by Crippen LogP contribution is -2.31. The predicted molar refractivity (Wildman–Crippen MR) is 88.3 cm³/mol. The van der Waals surface area contributed by atoms with Gasteiger partial charge in [0.2, 0.25) is 5.91 Å². The first-order chi connectivity index (χ1) is 11.1. The van der Waals surface area contributed by atoms with Crippen molar-refractivity contribution >= 4 is 12.0 Å². The number of hydrogen-bond donors (Lipinski definition) is 1. The number of aromatic nitrogens is 2. The molecule has 6 nitrogen and oxygen atoms in total. The van der Waals surface area contributed by atoms with E-state index in [2.05, 4.69) is 10.4 Å². The molecule has 0 aliphatic carbocycles. The molecule has 1 aromatic heterocycles. The molecule has 1 N–H and O–H groups in total. The highest BCUT2D eigenvalue weighted by Gasteiger charge is 1.99. The number of hydrogen-bond acceptors (Lipinski definition) is 4. The molecule has 0 fully saturated rings. The lowest BCUT2D eigenvalue weighted by molar-refractivity contribution is -0.116. The summed E-state index contributed by atoms with van der Waals surface area (Å²) >= 11 is 0. The van der Waals surface area contributed by atoms with E-state index in [1.165, 1.54) is 16.8 Å². The molecule has 0 unspecified atom stereocenters. The van der Waals surface area contributed by atoms with E-state index in [0.717, 1.165) is 17.0 Å². The van der Waals surface area contributed by atoms with E-state index in [1.54, 1.807) is 19.3 Å². The fourth-order valence-electron chi connectivity index (χ4n) is 1.94. The zero-order valence-corrected chi connectivity index (χ0v) is 13.2. The summed E-state index contributed by atoms with van der Waals surface area (Å²) in [5, 5.41) is 6.82. The van der Waals surface area contributed by atoms with Gasteiger partial charge in [-0.25, -0.2) is 4.68 Å². The molecule has 120 valence electrons. The Balaban J connectivity index is 1.83.